The fourth-order valence-corrected chi connectivity index (χ4v) is 2.78. The molecular weight excluding hydrogens is 344 g/mol. The minimum atomic E-state index is -0.0327. The molecule has 1 aliphatic heterocycles. The molecular formula is C16H17BrN4O. The van der Waals surface area contributed by atoms with Crippen LogP contribution in [0.3, 0.4) is 0 Å². The van der Waals surface area contributed by atoms with Crippen LogP contribution in [0, 0.1) is 6.92 Å². The Labute approximate surface area is 137 Å². The number of halogens is 1. The molecule has 3 rings (SSSR count). The van der Waals surface area contributed by atoms with Crippen LogP contribution in [0.2, 0.25) is 0 Å². The number of nitrogens with one attached hydrogen (secondary N) is 1. The van der Waals surface area contributed by atoms with Crippen LogP contribution in [0.15, 0.2) is 35.1 Å². The van der Waals surface area contributed by atoms with Crippen LogP contribution in [0.25, 0.3) is 0 Å². The molecule has 1 aromatic carbocycles. The molecule has 1 fully saturated rings. The van der Waals surface area contributed by atoms with Gasteiger partial charge < -0.3 is 10.2 Å². The lowest BCUT2D eigenvalue weighted by Gasteiger charge is -2.14. The van der Waals surface area contributed by atoms with Gasteiger partial charge in [-0.3, -0.25) is 4.79 Å². The van der Waals surface area contributed by atoms with Gasteiger partial charge in [-0.15, -0.1) is 0 Å². The Balaban J connectivity index is 1.70. The zero-order chi connectivity index (χ0) is 15.5. The topological polar surface area (TPSA) is 58.1 Å². The second-order valence-electron chi connectivity index (χ2n) is 5.38. The second-order valence-corrected chi connectivity index (χ2v) is 6.23. The van der Waals surface area contributed by atoms with Gasteiger partial charge in [0.2, 0.25) is 0 Å². The van der Waals surface area contributed by atoms with Crippen molar-refractivity contribution in [2.75, 3.05) is 18.4 Å². The lowest BCUT2D eigenvalue weighted by atomic mass is 10.2. The summed E-state index contributed by atoms with van der Waals surface area (Å²) >= 11 is 3.50. The molecule has 0 bridgehead atoms. The van der Waals surface area contributed by atoms with E-state index in [1.54, 1.807) is 6.20 Å². The Bertz CT molecular complexity index is 681. The van der Waals surface area contributed by atoms with Gasteiger partial charge in [-0.1, -0.05) is 22.0 Å². The normalized spacial score (nSPS) is 14.2. The number of carbonyl (C=O) groups is 1. The van der Waals surface area contributed by atoms with Crippen LogP contribution in [-0.2, 0) is 0 Å². The fourth-order valence-electron chi connectivity index (χ4n) is 2.40. The van der Waals surface area contributed by atoms with Crippen LogP contribution in [0.5, 0.6) is 0 Å². The summed E-state index contributed by atoms with van der Waals surface area (Å²) in [4.78, 5) is 22.5. The number of aryl methyl sites for hydroxylation is 1. The lowest BCUT2D eigenvalue weighted by Crippen LogP contribution is -2.28. The highest BCUT2D eigenvalue weighted by molar-refractivity contribution is 9.10. The first-order valence-corrected chi connectivity index (χ1v) is 8.07. The maximum absolute atomic E-state index is 12.2. The third-order valence-corrected chi connectivity index (χ3v) is 4.56. The smallest absolute Gasteiger partial charge is 0.274 e. The SMILES string of the molecule is Cc1ccc(Nc2cnc(C(=O)N3CCCC3)cn2)cc1Br. The molecule has 0 spiro atoms. The molecule has 6 heteroatoms. The van der Waals surface area contributed by atoms with E-state index < -0.39 is 0 Å². The average Bonchev–Trinajstić information content (AvgIpc) is 3.05. The van der Waals surface area contributed by atoms with Crippen molar-refractivity contribution in [3.8, 4) is 0 Å². The van der Waals surface area contributed by atoms with Crippen LogP contribution in [-0.4, -0.2) is 33.9 Å². The van der Waals surface area contributed by atoms with Gasteiger partial charge in [0.1, 0.15) is 11.5 Å². The maximum Gasteiger partial charge on any atom is 0.274 e. The zero-order valence-corrected chi connectivity index (χ0v) is 13.9. The molecule has 114 valence electrons. The molecule has 2 heterocycles. The largest absolute Gasteiger partial charge is 0.339 e. The molecule has 0 saturated carbocycles. The van der Waals surface area contributed by atoms with Gasteiger partial charge in [-0.25, -0.2) is 9.97 Å². The van der Waals surface area contributed by atoms with Crippen molar-refractivity contribution in [1.82, 2.24) is 14.9 Å². The molecule has 2 aromatic rings. The molecule has 1 amide bonds. The van der Waals surface area contributed by atoms with Gasteiger partial charge in [0.15, 0.2) is 0 Å². The minimum absolute atomic E-state index is 0.0327. The monoisotopic (exact) mass is 360 g/mol. The molecule has 1 aliphatic rings. The van der Waals surface area contributed by atoms with Crippen molar-refractivity contribution in [1.29, 1.82) is 0 Å². The summed E-state index contributed by atoms with van der Waals surface area (Å²) in [6, 6.07) is 5.98. The van der Waals surface area contributed by atoms with Crippen LogP contribution >= 0.6 is 15.9 Å². The summed E-state index contributed by atoms with van der Waals surface area (Å²) in [5, 5.41) is 3.18. The summed E-state index contributed by atoms with van der Waals surface area (Å²) in [5.74, 6) is 0.586. The Kier molecular flexibility index (Phi) is 4.38. The first-order chi connectivity index (χ1) is 10.6. The first-order valence-electron chi connectivity index (χ1n) is 7.28. The minimum Gasteiger partial charge on any atom is -0.339 e. The van der Waals surface area contributed by atoms with Gasteiger partial charge in [-0.05, 0) is 37.5 Å². The number of anilines is 2. The molecule has 0 aliphatic carbocycles. The van der Waals surface area contributed by atoms with Crippen LogP contribution < -0.4 is 5.32 Å². The number of aromatic nitrogens is 2. The van der Waals surface area contributed by atoms with Crippen molar-refractivity contribution >= 4 is 33.3 Å². The Morgan fingerprint density at radius 2 is 2.00 bits per heavy atom. The van der Waals surface area contributed by atoms with Crippen molar-refractivity contribution in [3.05, 3.63) is 46.3 Å². The number of likely N-dealkylation sites (tertiary alicyclic amines) is 1. The quantitative estimate of drug-likeness (QED) is 0.909. The van der Waals surface area contributed by atoms with E-state index >= 15 is 0 Å². The van der Waals surface area contributed by atoms with E-state index in [-0.39, 0.29) is 5.91 Å². The van der Waals surface area contributed by atoms with Gasteiger partial charge in [0, 0.05) is 23.2 Å². The summed E-state index contributed by atoms with van der Waals surface area (Å²) in [5.41, 5.74) is 2.49. The van der Waals surface area contributed by atoms with Crippen molar-refractivity contribution in [2.45, 2.75) is 19.8 Å². The standard InChI is InChI=1S/C16H17BrN4O/c1-11-4-5-12(8-13(11)17)20-15-10-18-14(9-19-15)16(22)21-6-2-3-7-21/h4-5,8-10H,2-3,6-7H2,1H3,(H,19,20). The molecule has 0 atom stereocenters. The van der Waals surface area contributed by atoms with Crippen molar-refractivity contribution in [3.63, 3.8) is 0 Å². The molecule has 0 radical (unpaired) electrons. The van der Waals surface area contributed by atoms with E-state index in [1.165, 1.54) is 11.8 Å². The highest BCUT2D eigenvalue weighted by Gasteiger charge is 2.20. The fraction of sp³-hybridized carbons (Fsp3) is 0.312. The highest BCUT2D eigenvalue weighted by Crippen LogP contribution is 2.22. The van der Waals surface area contributed by atoms with Gasteiger partial charge in [0.25, 0.3) is 5.91 Å². The number of amides is 1. The summed E-state index contributed by atoms with van der Waals surface area (Å²) in [6.07, 6.45) is 5.27. The average molecular weight is 361 g/mol. The summed E-state index contributed by atoms with van der Waals surface area (Å²) in [7, 11) is 0. The number of rotatable bonds is 3. The molecule has 22 heavy (non-hydrogen) atoms. The van der Waals surface area contributed by atoms with Crippen molar-refractivity contribution in [2.24, 2.45) is 0 Å². The van der Waals surface area contributed by atoms with Gasteiger partial charge in [0.05, 0.1) is 12.4 Å². The molecule has 5 nitrogen and oxygen atoms in total. The number of hydrogen-bond acceptors (Lipinski definition) is 4. The molecule has 1 N–H and O–H groups in total. The van der Waals surface area contributed by atoms with Gasteiger partial charge in [-0.2, -0.15) is 0 Å². The molecule has 0 unspecified atom stereocenters. The number of hydrogen-bond donors (Lipinski definition) is 1. The second kappa shape index (κ2) is 6.44. The van der Waals surface area contributed by atoms with Crippen LogP contribution in [0.4, 0.5) is 11.5 Å². The number of nitrogens with zero attached hydrogens (tertiary/aromatic N) is 3. The Morgan fingerprint density at radius 3 is 2.64 bits per heavy atom. The predicted octanol–water partition coefficient (Wildman–Crippen LogP) is 3.53. The maximum atomic E-state index is 12.2. The number of carbonyl (C=O) groups excluding carboxylic acids is 1. The van der Waals surface area contributed by atoms with E-state index in [2.05, 4.69) is 31.2 Å². The third kappa shape index (κ3) is 3.27. The highest BCUT2D eigenvalue weighted by atomic mass is 79.9. The van der Waals surface area contributed by atoms with Gasteiger partial charge >= 0.3 is 0 Å². The van der Waals surface area contributed by atoms with Crippen LogP contribution in [0.1, 0.15) is 28.9 Å². The van der Waals surface area contributed by atoms with E-state index in [9.17, 15) is 4.79 Å². The summed E-state index contributed by atoms with van der Waals surface area (Å²) < 4.78 is 1.03. The number of benzene rings is 1. The molecule has 1 aromatic heterocycles. The zero-order valence-electron chi connectivity index (χ0n) is 12.3. The van der Waals surface area contributed by atoms with Crippen molar-refractivity contribution < 1.29 is 4.79 Å². The lowest BCUT2D eigenvalue weighted by molar-refractivity contribution is 0.0786. The Morgan fingerprint density at radius 1 is 1.23 bits per heavy atom. The predicted molar refractivity (Wildman–Crippen MR) is 89.3 cm³/mol. The van der Waals surface area contributed by atoms with E-state index in [0.29, 0.717) is 11.5 Å². The van der Waals surface area contributed by atoms with E-state index in [0.717, 1.165) is 36.1 Å². The van der Waals surface area contributed by atoms with E-state index in [4.69, 9.17) is 0 Å². The Hall–Kier alpha value is -1.95. The third-order valence-electron chi connectivity index (χ3n) is 3.71. The molecule has 1 saturated heterocycles. The first kappa shape index (κ1) is 15.0. The van der Waals surface area contributed by atoms with E-state index in [1.807, 2.05) is 30.0 Å². The summed E-state index contributed by atoms with van der Waals surface area (Å²) in [6.45, 7) is 3.67.